The molecule has 1 aromatic rings. The minimum atomic E-state index is 0.102. The second kappa shape index (κ2) is 6.51. The van der Waals surface area contributed by atoms with Gasteiger partial charge in [-0.15, -0.1) is 5.10 Å². The van der Waals surface area contributed by atoms with E-state index in [1.54, 1.807) is 7.05 Å². The maximum atomic E-state index is 11.5. The molecule has 1 amide bonds. The third-order valence-corrected chi connectivity index (χ3v) is 3.37. The summed E-state index contributed by atoms with van der Waals surface area (Å²) in [5, 5.41) is 13.9. The van der Waals surface area contributed by atoms with E-state index in [-0.39, 0.29) is 11.8 Å². The van der Waals surface area contributed by atoms with Crippen molar-refractivity contribution in [3.63, 3.8) is 0 Å². The highest BCUT2D eigenvalue weighted by Crippen LogP contribution is 2.22. The smallest absolute Gasteiger partial charge is 0.318 e. The Morgan fingerprint density at radius 2 is 2.16 bits per heavy atom. The summed E-state index contributed by atoms with van der Waals surface area (Å²) in [5.41, 5.74) is 0. The van der Waals surface area contributed by atoms with Gasteiger partial charge in [-0.3, -0.25) is 4.79 Å². The topological polar surface area (TPSA) is 83.3 Å². The number of anilines is 1. The average Bonchev–Trinajstić information content (AvgIpc) is 2.93. The predicted molar refractivity (Wildman–Crippen MR) is 70.7 cm³/mol. The first kappa shape index (κ1) is 13.8. The number of carbonyl (C=O) groups is 1. The SMILES string of the molecule is CCNCc1nnc(N2CCC(C(=O)NC)CC2)o1. The number of nitrogens with zero attached hydrogens (tertiary/aromatic N) is 3. The summed E-state index contributed by atoms with van der Waals surface area (Å²) in [6, 6.07) is 0.559. The van der Waals surface area contributed by atoms with Gasteiger partial charge in [0.25, 0.3) is 0 Å². The molecular formula is C12H21N5O2. The van der Waals surface area contributed by atoms with E-state index < -0.39 is 0 Å². The Labute approximate surface area is 112 Å². The van der Waals surface area contributed by atoms with Crippen LogP contribution in [0.25, 0.3) is 0 Å². The lowest BCUT2D eigenvalue weighted by Crippen LogP contribution is -2.39. The van der Waals surface area contributed by atoms with E-state index in [1.807, 2.05) is 11.8 Å². The predicted octanol–water partition coefficient (Wildman–Crippen LogP) is 0.142. The zero-order valence-electron chi connectivity index (χ0n) is 11.5. The molecule has 0 saturated carbocycles. The van der Waals surface area contributed by atoms with E-state index in [0.717, 1.165) is 32.5 Å². The molecule has 0 bridgehead atoms. The maximum absolute atomic E-state index is 11.5. The van der Waals surface area contributed by atoms with Crippen LogP contribution in [0, 0.1) is 5.92 Å². The number of aromatic nitrogens is 2. The highest BCUT2D eigenvalue weighted by molar-refractivity contribution is 5.78. The number of carbonyl (C=O) groups excluding carboxylic acids is 1. The van der Waals surface area contributed by atoms with Gasteiger partial charge in [-0.05, 0) is 19.4 Å². The fourth-order valence-corrected chi connectivity index (χ4v) is 2.21. The summed E-state index contributed by atoms with van der Waals surface area (Å²) in [4.78, 5) is 13.6. The quantitative estimate of drug-likeness (QED) is 0.789. The highest BCUT2D eigenvalue weighted by Gasteiger charge is 2.26. The molecule has 19 heavy (non-hydrogen) atoms. The molecule has 1 aliphatic rings. The largest absolute Gasteiger partial charge is 0.407 e. The van der Waals surface area contributed by atoms with Crippen molar-refractivity contribution in [2.45, 2.75) is 26.3 Å². The molecule has 1 aliphatic heterocycles. The maximum Gasteiger partial charge on any atom is 0.318 e. The molecule has 0 unspecified atom stereocenters. The molecule has 1 saturated heterocycles. The molecule has 0 radical (unpaired) electrons. The van der Waals surface area contributed by atoms with Crippen molar-refractivity contribution in [1.29, 1.82) is 0 Å². The van der Waals surface area contributed by atoms with E-state index >= 15 is 0 Å². The fraction of sp³-hybridized carbons (Fsp3) is 0.750. The number of hydrogen-bond acceptors (Lipinski definition) is 6. The molecule has 0 aromatic carbocycles. The van der Waals surface area contributed by atoms with Crippen molar-refractivity contribution in [2.24, 2.45) is 5.92 Å². The van der Waals surface area contributed by atoms with Crippen LogP contribution in [-0.2, 0) is 11.3 Å². The van der Waals surface area contributed by atoms with Crippen LogP contribution < -0.4 is 15.5 Å². The van der Waals surface area contributed by atoms with Crippen LogP contribution in [0.1, 0.15) is 25.7 Å². The third-order valence-electron chi connectivity index (χ3n) is 3.37. The first-order chi connectivity index (χ1) is 9.24. The Kier molecular flexibility index (Phi) is 4.73. The minimum Gasteiger partial charge on any atom is -0.407 e. The van der Waals surface area contributed by atoms with Crippen LogP contribution in [0.15, 0.2) is 4.42 Å². The summed E-state index contributed by atoms with van der Waals surface area (Å²) in [7, 11) is 1.68. The third kappa shape index (κ3) is 3.44. The normalized spacial score (nSPS) is 16.6. The van der Waals surface area contributed by atoms with Crippen molar-refractivity contribution < 1.29 is 9.21 Å². The number of nitrogens with one attached hydrogen (secondary N) is 2. The highest BCUT2D eigenvalue weighted by atomic mass is 16.4. The molecule has 7 heteroatoms. The Morgan fingerprint density at radius 3 is 2.79 bits per heavy atom. The first-order valence-corrected chi connectivity index (χ1v) is 6.74. The second-order valence-electron chi connectivity index (χ2n) is 4.63. The van der Waals surface area contributed by atoms with Crippen molar-refractivity contribution in [2.75, 3.05) is 31.6 Å². The van der Waals surface area contributed by atoms with Gasteiger partial charge in [-0.1, -0.05) is 12.0 Å². The van der Waals surface area contributed by atoms with Crippen LogP contribution in [0.2, 0.25) is 0 Å². The summed E-state index contributed by atoms with van der Waals surface area (Å²) < 4.78 is 5.59. The molecule has 7 nitrogen and oxygen atoms in total. The minimum absolute atomic E-state index is 0.102. The van der Waals surface area contributed by atoms with Crippen molar-refractivity contribution in [1.82, 2.24) is 20.8 Å². The van der Waals surface area contributed by atoms with Gasteiger partial charge in [0, 0.05) is 26.1 Å². The fourth-order valence-electron chi connectivity index (χ4n) is 2.21. The van der Waals surface area contributed by atoms with Crippen LogP contribution in [0.4, 0.5) is 6.01 Å². The van der Waals surface area contributed by atoms with Gasteiger partial charge in [0.05, 0.1) is 6.54 Å². The lowest BCUT2D eigenvalue weighted by Gasteiger charge is -2.29. The molecular weight excluding hydrogens is 246 g/mol. The van der Waals surface area contributed by atoms with Crippen LogP contribution in [-0.4, -0.2) is 42.8 Å². The van der Waals surface area contributed by atoms with E-state index in [9.17, 15) is 4.79 Å². The molecule has 0 aliphatic carbocycles. The summed E-state index contributed by atoms with van der Waals surface area (Å²) in [6.07, 6.45) is 1.65. The second-order valence-corrected chi connectivity index (χ2v) is 4.63. The van der Waals surface area contributed by atoms with Crippen LogP contribution in [0.5, 0.6) is 0 Å². The lowest BCUT2D eigenvalue weighted by molar-refractivity contribution is -0.125. The lowest BCUT2D eigenvalue weighted by atomic mass is 9.96. The first-order valence-electron chi connectivity index (χ1n) is 6.74. The molecule has 106 valence electrons. The van der Waals surface area contributed by atoms with E-state index in [0.29, 0.717) is 18.5 Å². The van der Waals surface area contributed by atoms with Gasteiger partial charge in [0.1, 0.15) is 0 Å². The number of amides is 1. The molecule has 1 aromatic heterocycles. The van der Waals surface area contributed by atoms with Gasteiger partial charge in [0.15, 0.2) is 0 Å². The van der Waals surface area contributed by atoms with Gasteiger partial charge < -0.3 is 20.0 Å². The zero-order chi connectivity index (χ0) is 13.7. The van der Waals surface area contributed by atoms with E-state index in [4.69, 9.17) is 4.42 Å². The van der Waals surface area contributed by atoms with Gasteiger partial charge >= 0.3 is 6.01 Å². The molecule has 2 rings (SSSR count). The van der Waals surface area contributed by atoms with E-state index in [2.05, 4.69) is 20.8 Å². The molecule has 0 atom stereocenters. The monoisotopic (exact) mass is 267 g/mol. The summed E-state index contributed by atoms with van der Waals surface area (Å²) in [5.74, 6) is 0.827. The Morgan fingerprint density at radius 1 is 1.42 bits per heavy atom. The van der Waals surface area contributed by atoms with E-state index in [1.165, 1.54) is 0 Å². The Hall–Kier alpha value is -1.63. The van der Waals surface area contributed by atoms with Gasteiger partial charge in [0.2, 0.25) is 11.8 Å². The molecule has 0 spiro atoms. The standard InChI is InChI=1S/C12H21N5O2/c1-3-14-8-10-15-16-12(19-10)17-6-4-9(5-7-17)11(18)13-2/h9,14H,3-8H2,1-2H3,(H,13,18). The van der Waals surface area contributed by atoms with Crippen molar-refractivity contribution >= 4 is 11.9 Å². The Balaban J connectivity index is 1.87. The Bertz CT molecular complexity index is 412. The summed E-state index contributed by atoms with van der Waals surface area (Å²) in [6.45, 7) is 5.05. The van der Waals surface area contributed by atoms with Crippen molar-refractivity contribution in [3.05, 3.63) is 5.89 Å². The average molecular weight is 267 g/mol. The van der Waals surface area contributed by atoms with Crippen molar-refractivity contribution in [3.8, 4) is 0 Å². The molecule has 2 heterocycles. The molecule has 1 fully saturated rings. The molecule has 2 N–H and O–H groups in total. The van der Waals surface area contributed by atoms with Gasteiger partial charge in [-0.25, -0.2) is 0 Å². The van der Waals surface area contributed by atoms with Crippen LogP contribution >= 0.6 is 0 Å². The summed E-state index contributed by atoms with van der Waals surface area (Å²) >= 11 is 0. The number of piperidine rings is 1. The van der Waals surface area contributed by atoms with Crippen LogP contribution in [0.3, 0.4) is 0 Å². The number of hydrogen-bond donors (Lipinski definition) is 2. The van der Waals surface area contributed by atoms with Gasteiger partial charge in [-0.2, -0.15) is 0 Å². The zero-order valence-corrected chi connectivity index (χ0v) is 11.5. The number of rotatable bonds is 5.